The molecule has 2 rings (SSSR count). The van der Waals surface area contributed by atoms with Crippen LogP contribution < -0.4 is 15.6 Å². The molecule has 0 unspecified atom stereocenters. The van der Waals surface area contributed by atoms with Gasteiger partial charge in [-0.3, -0.25) is 0 Å². The summed E-state index contributed by atoms with van der Waals surface area (Å²) >= 11 is 0. The van der Waals surface area contributed by atoms with Gasteiger partial charge in [-0.25, -0.2) is 27.1 Å². The Bertz CT molecular complexity index is 769. The molecule has 0 atom stereocenters. The molecule has 0 radical (unpaired) electrons. The van der Waals surface area contributed by atoms with Gasteiger partial charge in [-0.2, -0.15) is 0 Å². The third kappa shape index (κ3) is 4.02. The van der Waals surface area contributed by atoms with Crippen molar-refractivity contribution in [2.24, 2.45) is 10.3 Å². The molecule has 9 heteroatoms. The standard InChI is InChI=1S/C12H13N3O4S2/c13-20(16,17)11-5-1-9(2-6-11)15-10-3-7-12(8-4-10)21(14,18)19/h1-8,15H,(H2,13,16,17)(H2,14,18,19). The summed E-state index contributed by atoms with van der Waals surface area (Å²) in [6.45, 7) is 0. The summed E-state index contributed by atoms with van der Waals surface area (Å²) in [4.78, 5) is 0.0234. The third-order valence-corrected chi connectivity index (χ3v) is 4.51. The summed E-state index contributed by atoms with van der Waals surface area (Å²) < 4.78 is 44.5. The number of hydrogen-bond acceptors (Lipinski definition) is 5. The van der Waals surface area contributed by atoms with Crippen molar-refractivity contribution in [2.75, 3.05) is 5.32 Å². The van der Waals surface area contributed by atoms with Gasteiger partial charge in [0.25, 0.3) is 0 Å². The van der Waals surface area contributed by atoms with Crippen LogP contribution in [0.5, 0.6) is 0 Å². The van der Waals surface area contributed by atoms with Crippen LogP contribution in [0.3, 0.4) is 0 Å². The van der Waals surface area contributed by atoms with E-state index in [4.69, 9.17) is 10.3 Å². The van der Waals surface area contributed by atoms with Crippen LogP contribution in [0.15, 0.2) is 58.3 Å². The molecule has 5 N–H and O–H groups in total. The predicted molar refractivity (Wildman–Crippen MR) is 78.9 cm³/mol. The Kier molecular flexibility index (Phi) is 4.01. The SMILES string of the molecule is NS(=O)(=O)c1ccc(Nc2ccc(S(N)(=O)=O)cc2)cc1. The number of rotatable bonds is 4. The molecule has 0 spiro atoms. The number of hydrogen-bond donors (Lipinski definition) is 3. The Labute approximate surface area is 122 Å². The van der Waals surface area contributed by atoms with E-state index < -0.39 is 20.0 Å². The molecule has 0 fully saturated rings. The molecule has 0 aliphatic carbocycles. The molecular weight excluding hydrogens is 314 g/mol. The largest absolute Gasteiger partial charge is 0.356 e. The van der Waals surface area contributed by atoms with Gasteiger partial charge in [-0.05, 0) is 48.5 Å². The molecule has 0 saturated carbocycles. The molecule has 0 aliphatic rings. The molecule has 7 nitrogen and oxygen atoms in total. The van der Waals surface area contributed by atoms with Crippen molar-refractivity contribution >= 4 is 31.4 Å². The average Bonchev–Trinajstić information content (AvgIpc) is 2.38. The first kappa shape index (κ1) is 15.4. The molecule has 112 valence electrons. The van der Waals surface area contributed by atoms with Crippen LogP contribution in [0, 0.1) is 0 Å². The second-order valence-electron chi connectivity index (χ2n) is 4.26. The molecule has 0 amide bonds. The molecule has 0 bridgehead atoms. The fourth-order valence-corrected chi connectivity index (χ4v) is 2.65. The Balaban J connectivity index is 2.19. The first-order chi connectivity index (χ1) is 9.66. The van der Waals surface area contributed by atoms with Crippen LogP contribution in [0.25, 0.3) is 0 Å². The van der Waals surface area contributed by atoms with Crippen LogP contribution in [0.1, 0.15) is 0 Å². The van der Waals surface area contributed by atoms with E-state index in [2.05, 4.69) is 5.32 Å². The quantitative estimate of drug-likeness (QED) is 0.761. The van der Waals surface area contributed by atoms with Gasteiger partial charge in [0.1, 0.15) is 0 Å². The van der Waals surface area contributed by atoms with E-state index in [0.717, 1.165) is 0 Å². The maximum absolute atomic E-state index is 11.1. The Morgan fingerprint density at radius 3 is 1.14 bits per heavy atom. The fraction of sp³-hybridized carbons (Fsp3) is 0. The fourth-order valence-electron chi connectivity index (χ4n) is 1.62. The topological polar surface area (TPSA) is 132 Å². The number of nitrogens with one attached hydrogen (secondary N) is 1. The maximum atomic E-state index is 11.1. The highest BCUT2D eigenvalue weighted by atomic mass is 32.2. The van der Waals surface area contributed by atoms with Gasteiger partial charge >= 0.3 is 0 Å². The normalized spacial score (nSPS) is 12.1. The third-order valence-electron chi connectivity index (χ3n) is 2.65. The summed E-state index contributed by atoms with van der Waals surface area (Å²) in [6, 6.07) is 11.7. The highest BCUT2D eigenvalue weighted by Gasteiger charge is 2.08. The second-order valence-corrected chi connectivity index (χ2v) is 7.39. The molecule has 2 aromatic rings. The van der Waals surface area contributed by atoms with Gasteiger partial charge in [-0.15, -0.1) is 0 Å². The van der Waals surface area contributed by atoms with E-state index in [1.54, 1.807) is 24.3 Å². The van der Waals surface area contributed by atoms with E-state index in [0.29, 0.717) is 11.4 Å². The molecule has 0 saturated heterocycles. The van der Waals surface area contributed by atoms with E-state index in [1.807, 2.05) is 0 Å². The zero-order valence-electron chi connectivity index (χ0n) is 10.7. The summed E-state index contributed by atoms with van der Waals surface area (Å²) in [5.41, 5.74) is 1.26. The molecule has 21 heavy (non-hydrogen) atoms. The van der Waals surface area contributed by atoms with Crippen molar-refractivity contribution in [3.05, 3.63) is 48.5 Å². The first-order valence-corrected chi connectivity index (χ1v) is 8.78. The smallest absolute Gasteiger partial charge is 0.238 e. The van der Waals surface area contributed by atoms with Crippen LogP contribution in [0.4, 0.5) is 11.4 Å². The molecular formula is C12H13N3O4S2. The number of benzene rings is 2. The summed E-state index contributed by atoms with van der Waals surface area (Å²) in [7, 11) is -7.45. The minimum atomic E-state index is -3.72. The number of nitrogens with two attached hydrogens (primary N) is 2. The van der Waals surface area contributed by atoms with E-state index in [9.17, 15) is 16.8 Å². The van der Waals surface area contributed by atoms with E-state index in [1.165, 1.54) is 24.3 Å². The lowest BCUT2D eigenvalue weighted by Crippen LogP contribution is -2.12. The molecule has 0 heterocycles. The second kappa shape index (κ2) is 5.45. The summed E-state index contributed by atoms with van der Waals surface area (Å²) in [5, 5.41) is 13.0. The first-order valence-electron chi connectivity index (χ1n) is 5.69. The van der Waals surface area contributed by atoms with Crippen molar-refractivity contribution in [3.63, 3.8) is 0 Å². The minimum Gasteiger partial charge on any atom is -0.356 e. The number of sulfonamides is 2. The molecule has 2 aromatic carbocycles. The summed E-state index contributed by atoms with van der Waals surface area (Å²) in [6.07, 6.45) is 0. The van der Waals surface area contributed by atoms with Crippen molar-refractivity contribution in [1.82, 2.24) is 0 Å². The van der Waals surface area contributed by atoms with Gasteiger partial charge in [-0.1, -0.05) is 0 Å². The van der Waals surface area contributed by atoms with Gasteiger partial charge in [0.2, 0.25) is 20.0 Å². The van der Waals surface area contributed by atoms with Gasteiger partial charge in [0, 0.05) is 11.4 Å². The highest BCUT2D eigenvalue weighted by molar-refractivity contribution is 7.89. The van der Waals surface area contributed by atoms with Crippen molar-refractivity contribution in [1.29, 1.82) is 0 Å². The van der Waals surface area contributed by atoms with Gasteiger partial charge in [0.05, 0.1) is 9.79 Å². The minimum absolute atomic E-state index is 0.0117. The lowest BCUT2D eigenvalue weighted by atomic mass is 10.3. The Morgan fingerprint density at radius 2 is 0.905 bits per heavy atom. The zero-order valence-corrected chi connectivity index (χ0v) is 12.4. The van der Waals surface area contributed by atoms with Crippen LogP contribution in [-0.2, 0) is 20.0 Å². The van der Waals surface area contributed by atoms with E-state index >= 15 is 0 Å². The van der Waals surface area contributed by atoms with Crippen molar-refractivity contribution in [3.8, 4) is 0 Å². The van der Waals surface area contributed by atoms with Crippen LogP contribution in [0.2, 0.25) is 0 Å². The van der Waals surface area contributed by atoms with Gasteiger partial charge < -0.3 is 5.32 Å². The summed E-state index contributed by atoms with van der Waals surface area (Å²) in [5.74, 6) is 0. The van der Waals surface area contributed by atoms with Crippen LogP contribution in [-0.4, -0.2) is 16.8 Å². The van der Waals surface area contributed by atoms with E-state index in [-0.39, 0.29) is 9.79 Å². The maximum Gasteiger partial charge on any atom is 0.238 e. The predicted octanol–water partition coefficient (Wildman–Crippen LogP) is 0.725. The number of primary sulfonamides is 2. The number of anilines is 2. The highest BCUT2D eigenvalue weighted by Crippen LogP contribution is 2.19. The Morgan fingerprint density at radius 1 is 0.619 bits per heavy atom. The average molecular weight is 327 g/mol. The lowest BCUT2D eigenvalue weighted by molar-refractivity contribution is 0.596. The zero-order chi connectivity index (χ0) is 15.7. The van der Waals surface area contributed by atoms with Crippen LogP contribution >= 0.6 is 0 Å². The van der Waals surface area contributed by atoms with Gasteiger partial charge in [0.15, 0.2) is 0 Å². The van der Waals surface area contributed by atoms with Crippen molar-refractivity contribution < 1.29 is 16.8 Å². The lowest BCUT2D eigenvalue weighted by Gasteiger charge is -2.07. The monoisotopic (exact) mass is 327 g/mol. The Hall–Kier alpha value is -1.94. The molecule has 0 aliphatic heterocycles. The van der Waals surface area contributed by atoms with Crippen molar-refractivity contribution in [2.45, 2.75) is 9.79 Å². The molecule has 0 aromatic heterocycles.